The van der Waals surface area contributed by atoms with E-state index in [0.29, 0.717) is 12.3 Å². The van der Waals surface area contributed by atoms with Crippen molar-refractivity contribution in [2.45, 2.75) is 25.8 Å². The topological polar surface area (TPSA) is 50.7 Å². The number of para-hydroxylation sites is 1. The van der Waals surface area contributed by atoms with Gasteiger partial charge in [0, 0.05) is 12.0 Å². The molecular formula is C13H16N2O2. The monoisotopic (exact) mass is 232 g/mol. The van der Waals surface area contributed by atoms with E-state index in [1.807, 2.05) is 24.3 Å². The first-order chi connectivity index (χ1) is 8.03. The van der Waals surface area contributed by atoms with Crippen molar-refractivity contribution < 1.29 is 9.53 Å². The number of aliphatic imine (C=N–C) groups is 1. The summed E-state index contributed by atoms with van der Waals surface area (Å²) in [6.45, 7) is 3.61. The molecular weight excluding hydrogens is 216 g/mol. The minimum absolute atomic E-state index is 0.0533. The number of hydrogen-bond donors (Lipinski definition) is 1. The molecule has 17 heavy (non-hydrogen) atoms. The van der Waals surface area contributed by atoms with Crippen LogP contribution in [-0.4, -0.2) is 24.4 Å². The summed E-state index contributed by atoms with van der Waals surface area (Å²) in [6.07, 6.45) is 0.583. The maximum Gasteiger partial charge on any atom is 0.252 e. The molecule has 0 fully saturated rings. The lowest BCUT2D eigenvalue weighted by Gasteiger charge is -2.07. The first-order valence-corrected chi connectivity index (χ1v) is 5.55. The largest absolute Gasteiger partial charge is 0.496 e. The van der Waals surface area contributed by atoms with Gasteiger partial charge in [0.15, 0.2) is 0 Å². The first kappa shape index (κ1) is 11.6. The minimum atomic E-state index is -0.655. The summed E-state index contributed by atoms with van der Waals surface area (Å²) in [5, 5.41) is 2.80. The van der Waals surface area contributed by atoms with Crippen LogP contribution in [0.3, 0.4) is 0 Å². The van der Waals surface area contributed by atoms with Crippen molar-refractivity contribution in [2.75, 3.05) is 7.11 Å². The number of carbonyl (C=O) groups is 1. The van der Waals surface area contributed by atoms with Crippen molar-refractivity contribution >= 4 is 11.7 Å². The second kappa shape index (κ2) is 4.20. The van der Waals surface area contributed by atoms with E-state index in [-0.39, 0.29) is 5.91 Å². The molecule has 0 aliphatic carbocycles. The van der Waals surface area contributed by atoms with E-state index < -0.39 is 5.54 Å². The molecule has 0 saturated heterocycles. The predicted molar refractivity (Wildman–Crippen MR) is 66.4 cm³/mol. The highest BCUT2D eigenvalue weighted by atomic mass is 16.5. The number of nitrogens with zero attached hydrogens (tertiary/aromatic N) is 1. The molecule has 0 aromatic heterocycles. The summed E-state index contributed by atoms with van der Waals surface area (Å²) in [4.78, 5) is 16.0. The van der Waals surface area contributed by atoms with Gasteiger partial charge in [-0.1, -0.05) is 18.2 Å². The zero-order chi connectivity index (χ0) is 12.5. The highest BCUT2D eigenvalue weighted by molar-refractivity contribution is 6.08. The maximum absolute atomic E-state index is 11.6. The van der Waals surface area contributed by atoms with Crippen molar-refractivity contribution in [3.8, 4) is 5.75 Å². The highest BCUT2D eigenvalue weighted by Gasteiger charge is 2.33. The summed E-state index contributed by atoms with van der Waals surface area (Å²) in [5.41, 5.74) is 0.365. The molecule has 90 valence electrons. The minimum Gasteiger partial charge on any atom is -0.496 e. The van der Waals surface area contributed by atoms with Crippen LogP contribution in [-0.2, 0) is 11.2 Å². The number of benzene rings is 1. The van der Waals surface area contributed by atoms with Gasteiger partial charge in [0.05, 0.1) is 7.11 Å². The number of carbonyl (C=O) groups excluding carboxylic acids is 1. The molecule has 2 rings (SSSR count). The average molecular weight is 232 g/mol. The molecule has 0 saturated carbocycles. The Kier molecular flexibility index (Phi) is 2.88. The standard InChI is InChI=1S/C13H16N2O2/c1-13(2)12(16)14-11(15-13)8-9-6-4-5-7-10(9)17-3/h4-7H,8H2,1-3H3,(H,14,15,16). The second-order valence-corrected chi connectivity index (χ2v) is 4.56. The van der Waals surface area contributed by atoms with Crippen molar-refractivity contribution in [3.63, 3.8) is 0 Å². The normalized spacial score (nSPS) is 17.6. The molecule has 0 spiro atoms. The van der Waals surface area contributed by atoms with Crippen LogP contribution < -0.4 is 10.1 Å². The number of amidine groups is 1. The second-order valence-electron chi connectivity index (χ2n) is 4.56. The van der Waals surface area contributed by atoms with Crippen molar-refractivity contribution in [2.24, 2.45) is 4.99 Å². The van der Waals surface area contributed by atoms with E-state index in [0.717, 1.165) is 11.3 Å². The van der Waals surface area contributed by atoms with Gasteiger partial charge >= 0.3 is 0 Å². The molecule has 1 heterocycles. The lowest BCUT2D eigenvalue weighted by molar-refractivity contribution is -0.122. The van der Waals surface area contributed by atoms with Crippen LogP contribution in [0.25, 0.3) is 0 Å². The maximum atomic E-state index is 11.6. The zero-order valence-corrected chi connectivity index (χ0v) is 10.3. The Hall–Kier alpha value is -1.84. The van der Waals surface area contributed by atoms with Crippen LogP contribution in [0.1, 0.15) is 19.4 Å². The van der Waals surface area contributed by atoms with Crippen molar-refractivity contribution in [1.29, 1.82) is 0 Å². The Morgan fingerprint density at radius 2 is 2.06 bits per heavy atom. The molecule has 1 amide bonds. The molecule has 0 unspecified atom stereocenters. The lowest BCUT2D eigenvalue weighted by atomic mass is 10.1. The smallest absolute Gasteiger partial charge is 0.252 e. The third-order valence-electron chi connectivity index (χ3n) is 2.78. The van der Waals surface area contributed by atoms with Gasteiger partial charge in [-0.25, -0.2) is 0 Å². The number of hydrogen-bond acceptors (Lipinski definition) is 3. The van der Waals surface area contributed by atoms with Gasteiger partial charge in [-0.2, -0.15) is 0 Å². The molecule has 1 aliphatic heterocycles. The Balaban J connectivity index is 2.20. The summed E-state index contributed by atoms with van der Waals surface area (Å²) >= 11 is 0. The molecule has 0 bridgehead atoms. The van der Waals surface area contributed by atoms with E-state index in [4.69, 9.17) is 4.74 Å². The van der Waals surface area contributed by atoms with E-state index in [1.54, 1.807) is 21.0 Å². The number of rotatable bonds is 3. The Labute approximate surface area is 101 Å². The summed E-state index contributed by atoms with van der Waals surface area (Å²) in [7, 11) is 1.64. The third kappa shape index (κ3) is 2.30. The first-order valence-electron chi connectivity index (χ1n) is 5.55. The van der Waals surface area contributed by atoms with E-state index in [1.165, 1.54) is 0 Å². The van der Waals surface area contributed by atoms with Crippen LogP contribution in [0, 0.1) is 0 Å². The van der Waals surface area contributed by atoms with Crippen LogP contribution in [0.15, 0.2) is 29.3 Å². The van der Waals surface area contributed by atoms with Gasteiger partial charge in [0.1, 0.15) is 17.1 Å². The zero-order valence-electron chi connectivity index (χ0n) is 10.3. The Morgan fingerprint density at radius 3 is 2.65 bits per heavy atom. The van der Waals surface area contributed by atoms with Crippen LogP contribution >= 0.6 is 0 Å². The van der Waals surface area contributed by atoms with Crippen molar-refractivity contribution in [1.82, 2.24) is 5.32 Å². The van der Waals surface area contributed by atoms with Gasteiger partial charge in [0.25, 0.3) is 5.91 Å². The van der Waals surface area contributed by atoms with Crippen molar-refractivity contribution in [3.05, 3.63) is 29.8 Å². The number of methoxy groups -OCH3 is 1. The number of ether oxygens (including phenoxy) is 1. The fourth-order valence-electron chi connectivity index (χ4n) is 1.81. The molecule has 1 N–H and O–H groups in total. The van der Waals surface area contributed by atoms with E-state index in [9.17, 15) is 4.79 Å². The Bertz CT molecular complexity index is 478. The average Bonchev–Trinajstić information content (AvgIpc) is 2.53. The summed E-state index contributed by atoms with van der Waals surface area (Å²) < 4.78 is 5.27. The Morgan fingerprint density at radius 1 is 1.35 bits per heavy atom. The van der Waals surface area contributed by atoms with Crippen LogP contribution in [0.4, 0.5) is 0 Å². The molecule has 1 aromatic carbocycles. The SMILES string of the molecule is COc1ccccc1CC1=NC(C)(C)C(=O)N1. The van der Waals surface area contributed by atoms with Gasteiger partial charge in [0.2, 0.25) is 0 Å². The van der Waals surface area contributed by atoms with Gasteiger partial charge in [-0.3, -0.25) is 9.79 Å². The van der Waals surface area contributed by atoms with Gasteiger partial charge < -0.3 is 10.1 Å². The fourth-order valence-corrected chi connectivity index (χ4v) is 1.81. The lowest BCUT2D eigenvalue weighted by Crippen LogP contribution is -2.34. The summed E-state index contributed by atoms with van der Waals surface area (Å²) in [5.74, 6) is 1.46. The molecule has 0 radical (unpaired) electrons. The highest BCUT2D eigenvalue weighted by Crippen LogP contribution is 2.21. The van der Waals surface area contributed by atoms with Gasteiger partial charge in [-0.15, -0.1) is 0 Å². The van der Waals surface area contributed by atoms with E-state index >= 15 is 0 Å². The molecule has 4 nitrogen and oxygen atoms in total. The molecule has 1 aliphatic rings. The predicted octanol–water partition coefficient (Wildman–Crippen LogP) is 1.54. The van der Waals surface area contributed by atoms with Crippen LogP contribution in [0.5, 0.6) is 5.75 Å². The van der Waals surface area contributed by atoms with Crippen LogP contribution in [0.2, 0.25) is 0 Å². The quantitative estimate of drug-likeness (QED) is 0.859. The van der Waals surface area contributed by atoms with E-state index in [2.05, 4.69) is 10.3 Å². The fraction of sp³-hybridized carbons (Fsp3) is 0.385. The molecule has 0 atom stereocenters. The van der Waals surface area contributed by atoms with Gasteiger partial charge in [-0.05, 0) is 19.9 Å². The summed E-state index contributed by atoms with van der Waals surface area (Å²) in [6, 6.07) is 7.73. The number of nitrogens with one attached hydrogen (secondary N) is 1. The third-order valence-corrected chi connectivity index (χ3v) is 2.78. The number of amides is 1. The molecule has 1 aromatic rings. The molecule has 4 heteroatoms.